The van der Waals surface area contributed by atoms with Crippen molar-refractivity contribution >= 4 is 5.91 Å². The molecule has 1 saturated heterocycles. The van der Waals surface area contributed by atoms with Gasteiger partial charge in [-0.15, -0.1) is 0 Å². The summed E-state index contributed by atoms with van der Waals surface area (Å²) in [6.45, 7) is 7.94. The van der Waals surface area contributed by atoms with Crippen molar-refractivity contribution in [2.24, 2.45) is 11.7 Å². The Balaban J connectivity index is 1.88. The molecule has 116 valence electrons. The number of hydrogen-bond acceptors (Lipinski definition) is 3. The van der Waals surface area contributed by atoms with Crippen LogP contribution >= 0.6 is 0 Å². The molecule has 1 amide bonds. The zero-order chi connectivity index (χ0) is 15.2. The molecule has 21 heavy (non-hydrogen) atoms. The van der Waals surface area contributed by atoms with E-state index in [4.69, 9.17) is 5.73 Å². The summed E-state index contributed by atoms with van der Waals surface area (Å²) in [6.07, 6.45) is 1.08. The van der Waals surface area contributed by atoms with Gasteiger partial charge in [0.05, 0.1) is 6.54 Å². The summed E-state index contributed by atoms with van der Waals surface area (Å²) in [5.74, 6) is 0.756. The van der Waals surface area contributed by atoms with E-state index in [-0.39, 0.29) is 11.9 Å². The van der Waals surface area contributed by atoms with Gasteiger partial charge in [0.15, 0.2) is 0 Å². The van der Waals surface area contributed by atoms with Crippen LogP contribution in [0.3, 0.4) is 0 Å². The fourth-order valence-electron chi connectivity index (χ4n) is 2.78. The lowest BCUT2D eigenvalue weighted by atomic mass is 9.94. The van der Waals surface area contributed by atoms with E-state index in [9.17, 15) is 4.79 Å². The van der Waals surface area contributed by atoms with Crippen LogP contribution in [0.2, 0.25) is 0 Å². The number of amides is 1. The molecule has 2 rings (SSSR count). The Hall–Kier alpha value is -1.39. The fraction of sp³-hybridized carbons (Fsp3) is 0.588. The zero-order valence-corrected chi connectivity index (χ0v) is 13.2. The molecule has 1 heterocycles. The van der Waals surface area contributed by atoms with Gasteiger partial charge in [-0.1, -0.05) is 37.3 Å². The molecule has 0 saturated carbocycles. The van der Waals surface area contributed by atoms with E-state index in [0.29, 0.717) is 19.0 Å². The summed E-state index contributed by atoms with van der Waals surface area (Å²) in [7, 11) is 0. The monoisotopic (exact) mass is 289 g/mol. The Morgan fingerprint density at radius 1 is 1.38 bits per heavy atom. The number of piperidine rings is 1. The van der Waals surface area contributed by atoms with Crippen LogP contribution in [0, 0.1) is 5.92 Å². The lowest BCUT2D eigenvalue weighted by molar-refractivity contribution is -0.133. The van der Waals surface area contributed by atoms with Crippen molar-refractivity contribution in [3.05, 3.63) is 35.9 Å². The molecule has 0 aromatic heterocycles. The van der Waals surface area contributed by atoms with E-state index >= 15 is 0 Å². The number of carbonyl (C=O) groups is 1. The van der Waals surface area contributed by atoms with Gasteiger partial charge in [0.2, 0.25) is 5.91 Å². The topological polar surface area (TPSA) is 49.6 Å². The molecule has 0 radical (unpaired) electrons. The van der Waals surface area contributed by atoms with Gasteiger partial charge in [-0.3, -0.25) is 9.69 Å². The molecule has 0 aliphatic carbocycles. The van der Waals surface area contributed by atoms with E-state index in [2.05, 4.69) is 24.0 Å². The molecular weight excluding hydrogens is 262 g/mol. The van der Waals surface area contributed by atoms with Gasteiger partial charge in [-0.05, 0) is 31.4 Å². The van der Waals surface area contributed by atoms with Crippen LogP contribution in [-0.4, -0.2) is 47.9 Å². The second kappa shape index (κ2) is 7.57. The van der Waals surface area contributed by atoms with Crippen LogP contribution in [0.5, 0.6) is 0 Å². The number of rotatable bonds is 5. The summed E-state index contributed by atoms with van der Waals surface area (Å²) in [6, 6.07) is 10.3. The first kappa shape index (κ1) is 16.0. The lowest BCUT2D eigenvalue weighted by Gasteiger charge is -2.35. The maximum absolute atomic E-state index is 12.5. The van der Waals surface area contributed by atoms with E-state index in [0.717, 1.165) is 26.1 Å². The third-order valence-electron chi connectivity index (χ3n) is 4.41. The van der Waals surface area contributed by atoms with Crippen LogP contribution in [0.15, 0.2) is 30.3 Å². The van der Waals surface area contributed by atoms with Gasteiger partial charge >= 0.3 is 0 Å². The zero-order valence-electron chi connectivity index (χ0n) is 13.2. The number of carbonyl (C=O) groups excluding carboxylic acids is 1. The highest BCUT2D eigenvalue weighted by atomic mass is 16.2. The fourth-order valence-corrected chi connectivity index (χ4v) is 2.78. The number of likely N-dealkylation sites (tertiary alicyclic amines) is 1. The highest BCUT2D eigenvalue weighted by Crippen LogP contribution is 2.15. The number of hydrogen-bond donors (Lipinski definition) is 1. The van der Waals surface area contributed by atoms with Gasteiger partial charge < -0.3 is 10.6 Å². The summed E-state index contributed by atoms with van der Waals surface area (Å²) in [5, 5.41) is 0. The van der Waals surface area contributed by atoms with Crippen LogP contribution in [0.4, 0.5) is 0 Å². The Kier molecular flexibility index (Phi) is 5.76. The van der Waals surface area contributed by atoms with Gasteiger partial charge in [0, 0.05) is 25.7 Å². The van der Waals surface area contributed by atoms with Gasteiger partial charge in [-0.25, -0.2) is 0 Å². The number of nitrogens with two attached hydrogens (primary N) is 1. The number of likely N-dealkylation sites (N-methyl/N-ethyl adjacent to an activating group) is 1. The predicted molar refractivity (Wildman–Crippen MR) is 85.7 cm³/mol. The van der Waals surface area contributed by atoms with Crippen molar-refractivity contribution in [1.82, 2.24) is 9.80 Å². The minimum Gasteiger partial charge on any atom is -0.338 e. The van der Waals surface area contributed by atoms with Gasteiger partial charge in [-0.2, -0.15) is 0 Å². The minimum absolute atomic E-state index is 0.191. The maximum atomic E-state index is 12.5. The molecule has 2 N–H and O–H groups in total. The Bertz CT molecular complexity index is 449. The molecule has 1 aliphatic heterocycles. The van der Waals surface area contributed by atoms with Crippen LogP contribution in [0.25, 0.3) is 0 Å². The summed E-state index contributed by atoms with van der Waals surface area (Å²) >= 11 is 0. The summed E-state index contributed by atoms with van der Waals surface area (Å²) in [4.78, 5) is 16.6. The molecule has 1 aromatic carbocycles. The quantitative estimate of drug-likeness (QED) is 0.897. The van der Waals surface area contributed by atoms with E-state index < -0.39 is 0 Å². The smallest absolute Gasteiger partial charge is 0.237 e. The molecule has 0 bridgehead atoms. The van der Waals surface area contributed by atoms with E-state index in [1.807, 2.05) is 30.0 Å². The lowest BCUT2D eigenvalue weighted by Crippen LogP contribution is -2.50. The normalized spacial score (nSPS) is 23.0. The average Bonchev–Trinajstić information content (AvgIpc) is 2.49. The van der Waals surface area contributed by atoms with E-state index in [1.165, 1.54) is 5.56 Å². The first-order chi connectivity index (χ1) is 10.1. The van der Waals surface area contributed by atoms with Crippen molar-refractivity contribution in [2.45, 2.75) is 32.9 Å². The Morgan fingerprint density at radius 2 is 2.10 bits per heavy atom. The van der Waals surface area contributed by atoms with Crippen molar-refractivity contribution in [1.29, 1.82) is 0 Å². The Labute approximate surface area is 127 Å². The molecule has 4 heteroatoms. The second-order valence-corrected chi connectivity index (χ2v) is 6.06. The van der Waals surface area contributed by atoms with Crippen molar-refractivity contribution in [3.8, 4) is 0 Å². The SMILES string of the molecule is CCN(Cc1ccccc1)C(=O)CN1CCC(C)C(N)C1. The van der Waals surface area contributed by atoms with Gasteiger partial charge in [0.25, 0.3) is 0 Å². The maximum Gasteiger partial charge on any atom is 0.237 e. The molecule has 2 unspecified atom stereocenters. The average molecular weight is 289 g/mol. The van der Waals surface area contributed by atoms with Crippen molar-refractivity contribution in [2.75, 3.05) is 26.2 Å². The molecular formula is C17H27N3O. The molecule has 0 spiro atoms. The highest BCUT2D eigenvalue weighted by molar-refractivity contribution is 5.78. The van der Waals surface area contributed by atoms with E-state index in [1.54, 1.807) is 0 Å². The van der Waals surface area contributed by atoms with Crippen LogP contribution in [0.1, 0.15) is 25.8 Å². The van der Waals surface area contributed by atoms with Crippen LogP contribution < -0.4 is 5.73 Å². The minimum atomic E-state index is 0.191. The first-order valence-corrected chi connectivity index (χ1v) is 7.89. The van der Waals surface area contributed by atoms with Crippen LogP contribution in [-0.2, 0) is 11.3 Å². The standard InChI is InChI=1S/C17H27N3O/c1-3-20(11-15-7-5-4-6-8-15)17(21)13-19-10-9-14(2)16(18)12-19/h4-8,14,16H,3,9-13,18H2,1-2H3. The Morgan fingerprint density at radius 3 is 2.71 bits per heavy atom. The summed E-state index contributed by atoms with van der Waals surface area (Å²) < 4.78 is 0. The first-order valence-electron chi connectivity index (χ1n) is 7.89. The third-order valence-corrected chi connectivity index (χ3v) is 4.41. The predicted octanol–water partition coefficient (Wildman–Crippen LogP) is 1.70. The largest absolute Gasteiger partial charge is 0.338 e. The second-order valence-electron chi connectivity index (χ2n) is 6.06. The molecule has 1 aromatic rings. The number of nitrogens with zero attached hydrogens (tertiary/aromatic N) is 2. The molecule has 1 aliphatic rings. The molecule has 1 fully saturated rings. The van der Waals surface area contributed by atoms with Crippen molar-refractivity contribution < 1.29 is 4.79 Å². The molecule has 4 nitrogen and oxygen atoms in total. The third kappa shape index (κ3) is 4.55. The summed E-state index contributed by atoms with van der Waals surface area (Å²) in [5.41, 5.74) is 7.29. The number of benzene rings is 1. The molecule has 2 atom stereocenters. The highest BCUT2D eigenvalue weighted by Gasteiger charge is 2.25. The van der Waals surface area contributed by atoms with Gasteiger partial charge in [0.1, 0.15) is 0 Å². The van der Waals surface area contributed by atoms with Crippen molar-refractivity contribution in [3.63, 3.8) is 0 Å².